The van der Waals surface area contributed by atoms with Crippen LogP contribution in [0.2, 0.25) is 0 Å². The fraction of sp³-hybridized carbons (Fsp3) is 0.625. The number of halogens is 2. The number of phenols is 1. The zero-order valence-corrected chi connectivity index (χ0v) is 13.6. The zero-order chi connectivity index (χ0) is 14.5. The average Bonchev–Trinajstić information content (AvgIpc) is 2.44. The Hall–Kier alpha value is -0.840. The molecule has 1 aliphatic heterocycles. The normalized spacial score (nSPS) is 18.8. The summed E-state index contributed by atoms with van der Waals surface area (Å²) in [7, 11) is 0. The number of nitrogens with zero attached hydrogens (tertiary/aromatic N) is 1. The first-order valence-electron chi connectivity index (χ1n) is 7.56. The van der Waals surface area contributed by atoms with Crippen LogP contribution >= 0.6 is 12.4 Å². The molecular formula is C16H26ClFN2O. The molecule has 5 heteroatoms. The van der Waals surface area contributed by atoms with Gasteiger partial charge in [-0.15, -0.1) is 12.4 Å². The minimum absolute atomic E-state index is 0. The number of benzene rings is 1. The van der Waals surface area contributed by atoms with Gasteiger partial charge in [-0.05, 0) is 30.0 Å². The third-order valence-electron chi connectivity index (χ3n) is 4.14. The summed E-state index contributed by atoms with van der Waals surface area (Å²) in [5.41, 5.74) is 0.975. The molecule has 1 aliphatic rings. The first-order chi connectivity index (χ1) is 9.63. The van der Waals surface area contributed by atoms with Gasteiger partial charge in [0.2, 0.25) is 0 Å². The summed E-state index contributed by atoms with van der Waals surface area (Å²) >= 11 is 0. The Kier molecular flexibility index (Phi) is 7.43. The first kappa shape index (κ1) is 18.2. The molecule has 2 N–H and O–H groups in total. The van der Waals surface area contributed by atoms with Gasteiger partial charge in [0.1, 0.15) is 0 Å². The number of phenolic OH excluding ortho intramolecular Hbond substituents is 1. The maximum absolute atomic E-state index is 13.7. The zero-order valence-electron chi connectivity index (χ0n) is 12.8. The SMILES string of the molecule is CCCC(C)[C@H](c1ccc(O)c(F)c1)N1CCNCC1.Cl. The van der Waals surface area contributed by atoms with Crippen LogP contribution in [0.3, 0.4) is 0 Å². The monoisotopic (exact) mass is 316 g/mol. The molecule has 2 rings (SSSR count). The molecular weight excluding hydrogens is 291 g/mol. The van der Waals surface area contributed by atoms with Crippen LogP contribution < -0.4 is 5.32 Å². The number of piperazine rings is 1. The minimum atomic E-state index is -0.522. The molecule has 3 nitrogen and oxygen atoms in total. The van der Waals surface area contributed by atoms with Crippen LogP contribution in [0.5, 0.6) is 5.75 Å². The van der Waals surface area contributed by atoms with E-state index >= 15 is 0 Å². The molecule has 21 heavy (non-hydrogen) atoms. The highest BCUT2D eigenvalue weighted by molar-refractivity contribution is 5.85. The van der Waals surface area contributed by atoms with E-state index in [1.54, 1.807) is 0 Å². The van der Waals surface area contributed by atoms with Gasteiger partial charge in [-0.2, -0.15) is 0 Å². The maximum Gasteiger partial charge on any atom is 0.165 e. The number of hydrogen-bond acceptors (Lipinski definition) is 3. The number of aromatic hydroxyl groups is 1. The molecule has 0 bridgehead atoms. The highest BCUT2D eigenvalue weighted by atomic mass is 35.5. The van der Waals surface area contributed by atoms with Gasteiger partial charge in [0.15, 0.2) is 11.6 Å². The lowest BCUT2D eigenvalue weighted by atomic mass is 9.89. The Balaban J connectivity index is 0.00000220. The fourth-order valence-electron chi connectivity index (χ4n) is 3.18. The second kappa shape index (κ2) is 8.57. The van der Waals surface area contributed by atoms with E-state index in [0.717, 1.165) is 44.6 Å². The molecule has 0 radical (unpaired) electrons. The molecule has 1 aromatic rings. The quantitative estimate of drug-likeness (QED) is 0.874. The largest absolute Gasteiger partial charge is 0.505 e. The van der Waals surface area contributed by atoms with Crippen molar-refractivity contribution in [2.24, 2.45) is 5.92 Å². The highest BCUT2D eigenvalue weighted by Gasteiger charge is 2.27. The Labute approximate surface area is 132 Å². The Morgan fingerprint density at radius 2 is 2.00 bits per heavy atom. The third kappa shape index (κ3) is 4.56. The van der Waals surface area contributed by atoms with Crippen molar-refractivity contribution in [1.82, 2.24) is 10.2 Å². The van der Waals surface area contributed by atoms with Crippen molar-refractivity contribution in [2.45, 2.75) is 32.7 Å². The van der Waals surface area contributed by atoms with Gasteiger partial charge in [-0.3, -0.25) is 4.90 Å². The fourth-order valence-corrected chi connectivity index (χ4v) is 3.18. The van der Waals surface area contributed by atoms with Crippen molar-refractivity contribution in [1.29, 1.82) is 0 Å². The lowest BCUT2D eigenvalue weighted by molar-refractivity contribution is 0.125. The van der Waals surface area contributed by atoms with Gasteiger partial charge in [0.25, 0.3) is 0 Å². The number of rotatable bonds is 5. The Bertz CT molecular complexity index is 438. The summed E-state index contributed by atoms with van der Waals surface area (Å²) in [6, 6.07) is 5.05. The summed E-state index contributed by atoms with van der Waals surface area (Å²) in [6.45, 7) is 8.36. The summed E-state index contributed by atoms with van der Waals surface area (Å²) < 4.78 is 13.7. The molecule has 1 heterocycles. The minimum Gasteiger partial charge on any atom is -0.505 e. The van der Waals surface area contributed by atoms with Crippen molar-refractivity contribution in [3.05, 3.63) is 29.6 Å². The Morgan fingerprint density at radius 3 is 2.57 bits per heavy atom. The molecule has 0 amide bonds. The van der Waals surface area contributed by atoms with E-state index < -0.39 is 5.82 Å². The first-order valence-corrected chi connectivity index (χ1v) is 7.56. The lowest BCUT2D eigenvalue weighted by Gasteiger charge is -2.38. The second-order valence-corrected chi connectivity index (χ2v) is 5.71. The molecule has 0 spiro atoms. The van der Waals surface area contributed by atoms with Gasteiger partial charge in [0.05, 0.1) is 0 Å². The molecule has 120 valence electrons. The van der Waals surface area contributed by atoms with E-state index in [-0.39, 0.29) is 24.2 Å². The lowest BCUT2D eigenvalue weighted by Crippen LogP contribution is -2.46. The third-order valence-corrected chi connectivity index (χ3v) is 4.14. The highest BCUT2D eigenvalue weighted by Crippen LogP contribution is 2.33. The topological polar surface area (TPSA) is 35.5 Å². The van der Waals surface area contributed by atoms with Crippen LogP contribution in [0, 0.1) is 11.7 Å². The molecule has 1 unspecified atom stereocenters. The van der Waals surface area contributed by atoms with Crippen LogP contribution in [0.25, 0.3) is 0 Å². The second-order valence-electron chi connectivity index (χ2n) is 5.71. The smallest absolute Gasteiger partial charge is 0.165 e. The molecule has 1 aromatic carbocycles. The van der Waals surface area contributed by atoms with Crippen molar-refractivity contribution in [3.63, 3.8) is 0 Å². The van der Waals surface area contributed by atoms with Gasteiger partial charge in [-0.25, -0.2) is 4.39 Å². The summed E-state index contributed by atoms with van der Waals surface area (Å²) in [5.74, 6) is -0.315. The van der Waals surface area contributed by atoms with E-state index in [9.17, 15) is 9.50 Å². The van der Waals surface area contributed by atoms with Crippen LogP contribution in [0.4, 0.5) is 4.39 Å². The van der Waals surface area contributed by atoms with Crippen LogP contribution in [0.1, 0.15) is 38.3 Å². The molecule has 1 fully saturated rings. The van der Waals surface area contributed by atoms with Crippen molar-refractivity contribution < 1.29 is 9.50 Å². The number of nitrogens with one attached hydrogen (secondary N) is 1. The molecule has 0 aromatic heterocycles. The predicted octanol–water partition coefficient (Wildman–Crippen LogP) is 3.34. The molecule has 0 saturated carbocycles. The predicted molar refractivity (Wildman–Crippen MR) is 86.6 cm³/mol. The van der Waals surface area contributed by atoms with E-state index in [0.29, 0.717) is 5.92 Å². The molecule has 0 aliphatic carbocycles. The van der Waals surface area contributed by atoms with E-state index in [1.165, 1.54) is 12.1 Å². The van der Waals surface area contributed by atoms with Gasteiger partial charge < -0.3 is 10.4 Å². The molecule has 2 atom stereocenters. The standard InChI is InChI=1S/C16H25FN2O.ClH/c1-3-4-12(2)16(19-9-7-18-8-10-19)13-5-6-15(20)14(17)11-13;/h5-6,11-12,16,18,20H,3-4,7-10H2,1-2H3;1H/t12?,16-;/m1./s1. The van der Waals surface area contributed by atoms with Gasteiger partial charge in [0, 0.05) is 32.2 Å². The average molecular weight is 317 g/mol. The van der Waals surface area contributed by atoms with Crippen molar-refractivity contribution in [3.8, 4) is 5.75 Å². The van der Waals surface area contributed by atoms with Gasteiger partial charge >= 0.3 is 0 Å². The Morgan fingerprint density at radius 1 is 1.33 bits per heavy atom. The van der Waals surface area contributed by atoms with E-state index in [4.69, 9.17) is 0 Å². The van der Waals surface area contributed by atoms with Crippen LogP contribution in [-0.2, 0) is 0 Å². The van der Waals surface area contributed by atoms with Crippen molar-refractivity contribution >= 4 is 12.4 Å². The number of hydrogen-bond donors (Lipinski definition) is 2. The maximum atomic E-state index is 13.7. The van der Waals surface area contributed by atoms with E-state index in [2.05, 4.69) is 24.1 Å². The van der Waals surface area contributed by atoms with Crippen LogP contribution in [0.15, 0.2) is 18.2 Å². The van der Waals surface area contributed by atoms with Crippen molar-refractivity contribution in [2.75, 3.05) is 26.2 Å². The van der Waals surface area contributed by atoms with E-state index in [1.807, 2.05) is 6.07 Å². The summed E-state index contributed by atoms with van der Waals surface area (Å²) in [5, 5.41) is 12.7. The summed E-state index contributed by atoms with van der Waals surface area (Å²) in [4.78, 5) is 2.43. The van der Waals surface area contributed by atoms with Gasteiger partial charge in [-0.1, -0.05) is 26.3 Å². The van der Waals surface area contributed by atoms with Crippen LogP contribution in [-0.4, -0.2) is 36.2 Å². The summed E-state index contributed by atoms with van der Waals surface area (Å²) in [6.07, 6.45) is 2.25. The molecule has 1 saturated heterocycles.